The van der Waals surface area contributed by atoms with Crippen LogP contribution in [0.25, 0.3) is 45.0 Å². The Morgan fingerprint density at radius 1 is 0.424 bits per heavy atom. The van der Waals surface area contributed by atoms with E-state index in [0.29, 0.717) is 44.1 Å². The van der Waals surface area contributed by atoms with Crippen LogP contribution in [0.1, 0.15) is 139 Å². The van der Waals surface area contributed by atoms with Gasteiger partial charge in [0.25, 0.3) is 0 Å². The van der Waals surface area contributed by atoms with E-state index < -0.39 is 57.9 Å². The van der Waals surface area contributed by atoms with E-state index in [1.807, 2.05) is 70.0 Å². The van der Waals surface area contributed by atoms with Crippen molar-refractivity contribution in [3.8, 4) is 45.0 Å². The molecule has 640 valence electrons. The van der Waals surface area contributed by atoms with E-state index in [0.717, 1.165) is 89.3 Å². The van der Waals surface area contributed by atoms with Crippen LogP contribution in [0.3, 0.4) is 0 Å². The Kier molecular flexibility index (Phi) is 28.9. The second-order valence-electron chi connectivity index (χ2n) is 33.5. The SMILES string of the molecule is CC(C)(C)OC(=O)N=C(NCCc1cn(Cc2ccc(-c3ccccc3-c3nnnn3C(c3ccccc3)(c3ccccc3)c3ccccc3)cc2)c[n+]1Cc1ccc(-c2ccccc2-c2nnnn2C(c2ccccc2)(c2ccccc2)c2ccccc2)cc1)NC(=O)OC(C)(C)C.CC(C)(C)OC(=O)NC(=NCCc1cnc[nH]1)NC(=O)OC(C)(C)C.[Br-]. The van der Waals surface area contributed by atoms with E-state index in [9.17, 15) is 19.2 Å². The van der Waals surface area contributed by atoms with Crippen molar-refractivity contribution in [1.29, 1.82) is 0 Å². The first-order valence-corrected chi connectivity index (χ1v) is 41.0. The molecule has 125 heavy (non-hydrogen) atoms. The number of ether oxygens (including phenoxy) is 4. The summed E-state index contributed by atoms with van der Waals surface area (Å²) in [6.45, 7) is 22.6. The van der Waals surface area contributed by atoms with Crippen molar-refractivity contribution in [2.24, 2.45) is 9.98 Å². The number of amides is 4. The monoisotopic (exact) mass is 1740 g/mol. The van der Waals surface area contributed by atoms with Gasteiger partial charge in [-0.2, -0.15) is 0 Å². The Hall–Kier alpha value is -14.3. The van der Waals surface area contributed by atoms with Gasteiger partial charge in [0.2, 0.25) is 18.2 Å². The number of guanidine groups is 2. The second-order valence-corrected chi connectivity index (χ2v) is 33.5. The molecular formula is C98H103BrN18O8. The number of H-pyrrole nitrogens is 1. The summed E-state index contributed by atoms with van der Waals surface area (Å²) in [4.78, 5) is 65.2. The molecule has 4 aromatic heterocycles. The van der Waals surface area contributed by atoms with Crippen molar-refractivity contribution < 1.29 is 59.7 Å². The number of carbonyl (C=O) groups excluding carboxylic acids is 4. The summed E-state index contributed by atoms with van der Waals surface area (Å²) in [5.74, 6) is 1.08. The van der Waals surface area contributed by atoms with Crippen molar-refractivity contribution in [1.82, 2.24) is 76.2 Å². The van der Waals surface area contributed by atoms with Gasteiger partial charge in [0.1, 0.15) is 58.5 Å². The molecule has 4 heterocycles. The van der Waals surface area contributed by atoms with Crippen LogP contribution in [0, 0.1) is 0 Å². The highest BCUT2D eigenvalue weighted by atomic mass is 79.9. The van der Waals surface area contributed by atoms with Gasteiger partial charge in [-0.3, -0.25) is 20.9 Å². The molecule has 0 aliphatic rings. The number of imidazole rings is 2. The molecule has 0 fully saturated rings. The third kappa shape index (κ3) is 23.1. The van der Waals surface area contributed by atoms with Gasteiger partial charge in [0.05, 0.1) is 6.33 Å². The molecule has 0 saturated carbocycles. The van der Waals surface area contributed by atoms with Crippen LogP contribution in [0.15, 0.2) is 314 Å². The molecule has 0 unspecified atom stereocenters. The highest BCUT2D eigenvalue weighted by Gasteiger charge is 2.44. The summed E-state index contributed by atoms with van der Waals surface area (Å²) in [6.07, 6.45) is 5.45. The molecule has 26 nitrogen and oxygen atoms in total. The summed E-state index contributed by atoms with van der Waals surface area (Å²) in [5, 5.41) is 38.8. The number of aromatic amines is 1. The maximum Gasteiger partial charge on any atom is 0.437 e. The Bertz CT molecular complexity index is 5720. The van der Waals surface area contributed by atoms with Crippen molar-refractivity contribution in [3.05, 3.63) is 360 Å². The van der Waals surface area contributed by atoms with Gasteiger partial charge in [-0.1, -0.05) is 279 Å². The smallest absolute Gasteiger partial charge is 0.437 e. The summed E-state index contributed by atoms with van der Waals surface area (Å²) >= 11 is 0. The average molecular weight is 1740 g/mol. The van der Waals surface area contributed by atoms with E-state index in [2.05, 4.69) is 292 Å². The Balaban J connectivity index is 0.000000473. The summed E-state index contributed by atoms with van der Waals surface area (Å²) in [5.41, 5.74) is 10.9. The second kappa shape index (κ2) is 40.1. The molecule has 0 spiro atoms. The average Bonchev–Trinajstić information content (AvgIpc) is 1.68. The molecule has 14 aromatic rings. The van der Waals surface area contributed by atoms with Gasteiger partial charge in [-0.15, -0.1) is 15.2 Å². The lowest BCUT2D eigenvalue weighted by molar-refractivity contribution is -0.694. The van der Waals surface area contributed by atoms with Crippen LogP contribution in [0.5, 0.6) is 0 Å². The molecule has 0 aliphatic carbocycles. The zero-order chi connectivity index (χ0) is 87.5. The lowest BCUT2D eigenvalue weighted by Gasteiger charge is -2.36. The first-order chi connectivity index (χ1) is 59.6. The fourth-order valence-electron chi connectivity index (χ4n) is 14.6. The largest absolute Gasteiger partial charge is 1.00 e. The molecule has 0 radical (unpaired) electrons. The minimum absolute atomic E-state index is 0. The molecule has 4 amide bonds. The molecule has 0 aliphatic heterocycles. The molecule has 27 heteroatoms. The van der Waals surface area contributed by atoms with Gasteiger partial charge < -0.3 is 46.2 Å². The number of hydrogen-bond acceptors (Lipinski definition) is 16. The fraction of sp³-hybridized carbons (Fsp3) is 0.245. The van der Waals surface area contributed by atoms with Gasteiger partial charge >= 0.3 is 24.4 Å². The van der Waals surface area contributed by atoms with E-state index >= 15 is 0 Å². The topological polar surface area (TPSA) is 303 Å². The Morgan fingerprint density at radius 2 is 0.784 bits per heavy atom. The minimum Gasteiger partial charge on any atom is -1.00 e. The minimum atomic E-state index is -0.941. The highest BCUT2D eigenvalue weighted by Crippen LogP contribution is 2.46. The van der Waals surface area contributed by atoms with Gasteiger partial charge in [0.15, 0.2) is 11.6 Å². The number of tetrazole rings is 2. The number of aromatic nitrogens is 12. The van der Waals surface area contributed by atoms with Gasteiger partial charge in [-0.25, -0.2) is 42.7 Å². The summed E-state index contributed by atoms with van der Waals surface area (Å²) < 4.78 is 29.7. The number of hydrogen-bond donors (Lipinski definition) is 5. The van der Waals surface area contributed by atoms with Gasteiger partial charge in [0, 0.05) is 48.9 Å². The molecule has 0 atom stereocenters. The molecule has 10 aromatic carbocycles. The Labute approximate surface area is 738 Å². The predicted octanol–water partition coefficient (Wildman–Crippen LogP) is 14.5. The van der Waals surface area contributed by atoms with E-state index in [1.54, 1.807) is 95.6 Å². The molecular weight excluding hydrogens is 1640 g/mol. The number of benzene rings is 10. The number of carbonyl (C=O) groups is 4. The van der Waals surface area contributed by atoms with Crippen LogP contribution in [0.2, 0.25) is 0 Å². The summed E-state index contributed by atoms with van der Waals surface area (Å²) in [7, 11) is 0. The number of halogens is 1. The lowest BCUT2D eigenvalue weighted by Crippen LogP contribution is -3.00. The highest BCUT2D eigenvalue weighted by molar-refractivity contribution is 6.01. The van der Waals surface area contributed by atoms with E-state index in [-0.39, 0.29) is 35.4 Å². The molecule has 0 saturated heterocycles. The number of alkyl carbamates (subject to hydrolysis) is 3. The normalized spacial score (nSPS) is 11.8. The lowest BCUT2D eigenvalue weighted by atomic mass is 9.77. The third-order valence-corrected chi connectivity index (χ3v) is 19.6. The first-order valence-electron chi connectivity index (χ1n) is 41.0. The standard InChI is InChI=1S/C82H75N13O4.C16H27N5O4.BrH/c1-79(2,3)98-77(96)84-76(85-78(97)99-80(4,5)6)83-54-53-69-57-92(55-59-45-49-61(50-46-59)70-41-25-27-43-72(70)74-86-88-90-94(74)81(63-29-13-7-14-30-63,64-31-15-8-16-32-64)65-33-17-9-18-34-65)58-93(69)56-60-47-51-62(52-48-60)71-42-26-28-44-73(71)75-87-89-91-95(75)82(66-35-19-10-20-36-66,67-37-21-11-22-38-67)68-39-23-12-24-40-68;1-15(2,3)24-13(22)20-12(21-14(23)25-16(4,5)6)18-8-7-11-9-17-10-19-11;/h7-52,57-58H,53-56H2,1-6H3,(H-,83,84,85,96,97);9-10H,7-8H2,1-6H3,(H,17,19)(H2,18,20,21,22,23);1H. The molecule has 14 rings (SSSR count). The van der Waals surface area contributed by atoms with Crippen molar-refractivity contribution >= 4 is 36.3 Å². The van der Waals surface area contributed by atoms with Crippen LogP contribution in [-0.4, -0.2) is 127 Å². The maximum absolute atomic E-state index is 13.1. The quantitative estimate of drug-likeness (QED) is 0.0138. The summed E-state index contributed by atoms with van der Waals surface area (Å²) in [6, 6.07) is 96.2. The number of aliphatic imine (C=N–C) groups is 2. The zero-order valence-electron chi connectivity index (χ0n) is 72.1. The maximum atomic E-state index is 13.1. The van der Waals surface area contributed by atoms with Crippen molar-refractivity contribution in [3.63, 3.8) is 0 Å². The first kappa shape index (κ1) is 89.9. The van der Waals surface area contributed by atoms with E-state index in [4.69, 9.17) is 39.6 Å². The number of nitrogens with one attached hydrogen (secondary N) is 5. The Morgan fingerprint density at radius 3 is 1.15 bits per heavy atom. The van der Waals surface area contributed by atoms with Crippen LogP contribution in [-0.2, 0) is 56.0 Å². The molecule has 0 bridgehead atoms. The zero-order valence-corrected chi connectivity index (χ0v) is 73.7. The third-order valence-electron chi connectivity index (χ3n) is 19.6. The van der Waals surface area contributed by atoms with E-state index in [1.165, 1.54) is 0 Å². The predicted molar refractivity (Wildman–Crippen MR) is 477 cm³/mol. The van der Waals surface area contributed by atoms with Crippen LogP contribution < -0.4 is 42.8 Å². The van der Waals surface area contributed by atoms with Crippen molar-refractivity contribution in [2.75, 3.05) is 13.1 Å². The van der Waals surface area contributed by atoms with Crippen molar-refractivity contribution in [2.45, 2.75) is 142 Å². The molecule has 5 N–H and O–H groups in total. The van der Waals surface area contributed by atoms with Crippen LogP contribution in [0.4, 0.5) is 19.2 Å². The van der Waals surface area contributed by atoms with Crippen LogP contribution >= 0.6 is 0 Å². The number of rotatable bonds is 22. The number of nitrogens with zero attached hydrogens (tertiary/aromatic N) is 13. The van der Waals surface area contributed by atoms with Gasteiger partial charge in [-0.05, 0) is 171 Å². The fourth-order valence-corrected chi connectivity index (χ4v) is 14.6.